The van der Waals surface area contributed by atoms with Gasteiger partial charge in [-0.2, -0.15) is 0 Å². The monoisotopic (exact) mass is 265 g/mol. The molecule has 0 atom stereocenters. The molecule has 1 saturated heterocycles. The lowest BCUT2D eigenvalue weighted by molar-refractivity contribution is -0.126. The molecule has 3 heteroatoms. The predicted octanol–water partition coefficient (Wildman–Crippen LogP) is 1.95. The summed E-state index contributed by atoms with van der Waals surface area (Å²) in [6.07, 6.45) is 0.917. The first kappa shape index (κ1) is 9.03. The fourth-order valence-electron chi connectivity index (χ4n) is 1.23. The van der Waals surface area contributed by atoms with Gasteiger partial charge >= 0.3 is 0 Å². The van der Waals surface area contributed by atoms with Gasteiger partial charge in [0.05, 0.1) is 0 Å². The Balaban J connectivity index is 2.71. The van der Waals surface area contributed by atoms with E-state index in [0.29, 0.717) is 6.04 Å². The van der Waals surface area contributed by atoms with Gasteiger partial charge in [0.2, 0.25) is 0 Å². The number of carbonyl (C=O) groups excluding carboxylic acids is 1. The molecule has 0 aromatic heterocycles. The highest BCUT2D eigenvalue weighted by Crippen LogP contribution is 2.20. The zero-order chi connectivity index (χ0) is 8.43. The molecule has 1 heterocycles. The molecule has 2 nitrogen and oxygen atoms in total. The van der Waals surface area contributed by atoms with Gasteiger partial charge in [0.15, 0.2) is 0 Å². The van der Waals surface area contributed by atoms with Gasteiger partial charge in [-0.25, -0.2) is 0 Å². The summed E-state index contributed by atoms with van der Waals surface area (Å²) >= 11 is 2.13. The van der Waals surface area contributed by atoms with Crippen LogP contribution in [-0.4, -0.2) is 23.4 Å². The first-order chi connectivity index (χ1) is 5.16. The Kier molecular flexibility index (Phi) is 2.92. The number of hydrogen-bond donors (Lipinski definition) is 0. The van der Waals surface area contributed by atoms with Gasteiger partial charge in [0, 0.05) is 18.2 Å². The number of amides is 1. The van der Waals surface area contributed by atoms with E-state index in [1.165, 1.54) is 0 Å². The summed E-state index contributed by atoms with van der Waals surface area (Å²) in [6.45, 7) is 4.99. The summed E-state index contributed by atoms with van der Waals surface area (Å²) in [6, 6.07) is 0.344. The summed E-state index contributed by atoms with van der Waals surface area (Å²) < 4.78 is 1.89. The molecule has 0 spiro atoms. The van der Waals surface area contributed by atoms with E-state index in [1.54, 1.807) is 0 Å². The molecule has 0 radical (unpaired) electrons. The highest BCUT2D eigenvalue weighted by Gasteiger charge is 2.26. The minimum absolute atomic E-state index is 0.217. The van der Waals surface area contributed by atoms with Gasteiger partial charge in [-0.1, -0.05) is 22.6 Å². The van der Waals surface area contributed by atoms with Crippen LogP contribution in [0.3, 0.4) is 0 Å². The summed E-state index contributed by atoms with van der Waals surface area (Å²) in [7, 11) is 0. The standard InChI is InChI=1S/C8H12INO/c1-6(2)10-4-3-7(5-9)8(10)11/h5-6H,3-4H2,1-2H3. The van der Waals surface area contributed by atoms with Gasteiger partial charge in [0.1, 0.15) is 0 Å². The predicted molar refractivity (Wildman–Crippen MR) is 53.6 cm³/mol. The van der Waals surface area contributed by atoms with E-state index >= 15 is 0 Å². The molecule has 62 valence electrons. The third-order valence-corrected chi connectivity index (χ3v) is 2.66. The number of likely N-dealkylation sites (tertiary alicyclic amines) is 1. The summed E-state index contributed by atoms with van der Waals surface area (Å²) in [4.78, 5) is 13.3. The van der Waals surface area contributed by atoms with Crippen LogP contribution in [0.25, 0.3) is 0 Å². The van der Waals surface area contributed by atoms with Crippen LogP contribution < -0.4 is 0 Å². The molecule has 1 aliphatic heterocycles. The zero-order valence-electron chi connectivity index (χ0n) is 6.80. The molecule has 0 N–H and O–H groups in total. The lowest BCUT2D eigenvalue weighted by atomic mass is 10.3. The molecular formula is C8H12INO. The van der Waals surface area contributed by atoms with Gasteiger partial charge in [-0.15, -0.1) is 0 Å². The van der Waals surface area contributed by atoms with Crippen LogP contribution in [-0.2, 0) is 4.79 Å². The van der Waals surface area contributed by atoms with E-state index in [4.69, 9.17) is 0 Å². The van der Waals surface area contributed by atoms with Crippen LogP contribution in [0.2, 0.25) is 0 Å². The van der Waals surface area contributed by atoms with Crippen LogP contribution >= 0.6 is 22.6 Å². The van der Waals surface area contributed by atoms with E-state index in [1.807, 2.05) is 22.8 Å². The van der Waals surface area contributed by atoms with Crippen molar-refractivity contribution < 1.29 is 4.79 Å². The molecule has 1 rings (SSSR count). The molecule has 11 heavy (non-hydrogen) atoms. The van der Waals surface area contributed by atoms with Crippen molar-refractivity contribution in [2.24, 2.45) is 0 Å². The molecular weight excluding hydrogens is 253 g/mol. The first-order valence-electron chi connectivity index (χ1n) is 3.77. The van der Waals surface area contributed by atoms with Crippen molar-refractivity contribution in [3.8, 4) is 0 Å². The smallest absolute Gasteiger partial charge is 0.250 e. The third-order valence-electron chi connectivity index (χ3n) is 1.91. The largest absolute Gasteiger partial charge is 0.336 e. The van der Waals surface area contributed by atoms with Crippen molar-refractivity contribution in [1.82, 2.24) is 4.90 Å². The van der Waals surface area contributed by atoms with E-state index in [2.05, 4.69) is 22.6 Å². The molecule has 0 aromatic carbocycles. The van der Waals surface area contributed by atoms with Gasteiger partial charge in [-0.3, -0.25) is 4.79 Å². The van der Waals surface area contributed by atoms with Crippen LogP contribution in [0.1, 0.15) is 20.3 Å². The van der Waals surface area contributed by atoms with Gasteiger partial charge in [-0.05, 0) is 24.4 Å². The number of halogens is 1. The van der Waals surface area contributed by atoms with Crippen molar-refractivity contribution in [3.05, 3.63) is 9.66 Å². The third kappa shape index (κ3) is 1.75. The maximum atomic E-state index is 11.4. The topological polar surface area (TPSA) is 20.3 Å². The molecule has 1 amide bonds. The van der Waals surface area contributed by atoms with Crippen molar-refractivity contribution in [2.45, 2.75) is 26.3 Å². The van der Waals surface area contributed by atoms with Crippen molar-refractivity contribution >= 4 is 28.5 Å². The van der Waals surface area contributed by atoms with Crippen LogP contribution in [0, 0.1) is 0 Å². The number of carbonyl (C=O) groups is 1. The lowest BCUT2D eigenvalue weighted by Gasteiger charge is -2.19. The molecule has 0 saturated carbocycles. The maximum absolute atomic E-state index is 11.4. The average molecular weight is 265 g/mol. The first-order valence-corrected chi connectivity index (χ1v) is 5.01. The number of rotatable bonds is 1. The Morgan fingerprint density at radius 1 is 1.64 bits per heavy atom. The highest BCUT2D eigenvalue weighted by molar-refractivity contribution is 14.1. The van der Waals surface area contributed by atoms with Crippen LogP contribution in [0.5, 0.6) is 0 Å². The normalized spacial score (nSPS) is 22.4. The fraction of sp³-hybridized carbons (Fsp3) is 0.625. The average Bonchev–Trinajstić information content (AvgIpc) is 2.30. The number of hydrogen-bond acceptors (Lipinski definition) is 1. The van der Waals surface area contributed by atoms with E-state index < -0.39 is 0 Å². The zero-order valence-corrected chi connectivity index (χ0v) is 8.96. The second-order valence-corrected chi connectivity index (χ2v) is 3.60. The summed E-state index contributed by atoms with van der Waals surface area (Å²) in [5.41, 5.74) is 0.958. The molecule has 0 aromatic rings. The van der Waals surface area contributed by atoms with Crippen LogP contribution in [0.4, 0.5) is 0 Å². The van der Waals surface area contributed by atoms with E-state index in [0.717, 1.165) is 18.5 Å². The van der Waals surface area contributed by atoms with Gasteiger partial charge < -0.3 is 4.90 Å². The summed E-state index contributed by atoms with van der Waals surface area (Å²) in [5.74, 6) is 0.217. The summed E-state index contributed by atoms with van der Waals surface area (Å²) in [5, 5.41) is 0. The molecule has 0 aliphatic carbocycles. The minimum Gasteiger partial charge on any atom is -0.336 e. The maximum Gasteiger partial charge on any atom is 0.250 e. The van der Waals surface area contributed by atoms with E-state index in [9.17, 15) is 4.79 Å². The number of nitrogens with zero attached hydrogens (tertiary/aromatic N) is 1. The molecule has 0 bridgehead atoms. The fourth-order valence-corrected chi connectivity index (χ4v) is 1.81. The van der Waals surface area contributed by atoms with Crippen LogP contribution in [0.15, 0.2) is 9.66 Å². The van der Waals surface area contributed by atoms with Crippen molar-refractivity contribution in [3.63, 3.8) is 0 Å². The Bertz CT molecular complexity index is 198. The Labute approximate surface area is 80.8 Å². The van der Waals surface area contributed by atoms with Crippen molar-refractivity contribution in [2.75, 3.05) is 6.54 Å². The second kappa shape index (κ2) is 3.56. The highest BCUT2D eigenvalue weighted by atomic mass is 127. The second-order valence-electron chi connectivity index (χ2n) is 2.98. The Morgan fingerprint density at radius 3 is 2.55 bits per heavy atom. The quantitative estimate of drug-likeness (QED) is 0.524. The van der Waals surface area contributed by atoms with E-state index in [-0.39, 0.29) is 5.91 Å². The Hall–Kier alpha value is -0.0600. The Morgan fingerprint density at radius 2 is 2.27 bits per heavy atom. The lowest BCUT2D eigenvalue weighted by Crippen LogP contribution is -2.31. The molecule has 1 fully saturated rings. The molecule has 1 aliphatic rings. The minimum atomic E-state index is 0.217. The van der Waals surface area contributed by atoms with Gasteiger partial charge in [0.25, 0.3) is 5.91 Å². The molecule has 0 unspecified atom stereocenters. The SMILES string of the molecule is CC(C)N1CCC(=CI)C1=O. The van der Waals surface area contributed by atoms with Crippen molar-refractivity contribution in [1.29, 1.82) is 0 Å².